The summed E-state index contributed by atoms with van der Waals surface area (Å²) in [6, 6.07) is 2.72. The van der Waals surface area contributed by atoms with E-state index in [2.05, 4.69) is 10.4 Å². The highest BCUT2D eigenvalue weighted by molar-refractivity contribution is 6.02. The molecule has 2 heterocycles. The van der Waals surface area contributed by atoms with Crippen molar-refractivity contribution in [3.05, 3.63) is 64.9 Å². The Kier molecular flexibility index (Phi) is 4.89. The number of nitrogens with one attached hydrogen (secondary N) is 1. The smallest absolute Gasteiger partial charge is 0.291 e. The minimum atomic E-state index is -1.66. The molecule has 1 aromatic carbocycles. The van der Waals surface area contributed by atoms with Gasteiger partial charge >= 0.3 is 0 Å². The van der Waals surface area contributed by atoms with Crippen molar-refractivity contribution in [3.8, 4) is 5.75 Å². The Morgan fingerprint density at radius 2 is 1.89 bits per heavy atom. The summed E-state index contributed by atoms with van der Waals surface area (Å²) in [7, 11) is 1.71. The number of benzene rings is 1. The predicted octanol–water partition coefficient (Wildman–Crippen LogP) is 3.71. The molecule has 0 fully saturated rings. The van der Waals surface area contributed by atoms with Crippen LogP contribution >= 0.6 is 0 Å². The van der Waals surface area contributed by atoms with Crippen LogP contribution in [0.4, 0.5) is 23.2 Å². The monoisotopic (exact) mass is 383 g/mol. The van der Waals surface area contributed by atoms with Crippen LogP contribution < -0.4 is 10.1 Å². The standard InChI is InChI=1S/C17H13F4N3O3/c1-8-12(6-22-24(8)2)23-17(25)13-4-3-9(27-13)7-26-16-14(20)10(18)5-11(19)15(16)21/h3-6H,7H2,1-2H3,(H,23,25). The molecule has 10 heteroatoms. The normalized spacial score (nSPS) is 10.9. The van der Waals surface area contributed by atoms with Crippen LogP contribution in [0.2, 0.25) is 0 Å². The maximum atomic E-state index is 13.6. The van der Waals surface area contributed by atoms with Gasteiger partial charge in [-0.05, 0) is 19.1 Å². The van der Waals surface area contributed by atoms with Gasteiger partial charge in [0.1, 0.15) is 12.4 Å². The first-order valence-corrected chi connectivity index (χ1v) is 7.62. The van der Waals surface area contributed by atoms with E-state index in [1.165, 1.54) is 18.3 Å². The van der Waals surface area contributed by atoms with Gasteiger partial charge in [0.25, 0.3) is 5.91 Å². The van der Waals surface area contributed by atoms with E-state index >= 15 is 0 Å². The SMILES string of the molecule is Cc1c(NC(=O)c2ccc(COc3c(F)c(F)cc(F)c3F)o2)cnn1C. The van der Waals surface area contributed by atoms with Crippen molar-refractivity contribution in [2.75, 3.05) is 5.32 Å². The Balaban J connectivity index is 1.70. The summed E-state index contributed by atoms with van der Waals surface area (Å²) in [5.41, 5.74) is 1.20. The first-order chi connectivity index (χ1) is 12.8. The molecule has 3 rings (SSSR count). The Bertz CT molecular complexity index is 987. The molecule has 1 N–H and O–H groups in total. The minimum Gasteiger partial charge on any atom is -0.479 e. The van der Waals surface area contributed by atoms with Crippen molar-refractivity contribution in [3.63, 3.8) is 0 Å². The number of hydrogen-bond donors (Lipinski definition) is 1. The van der Waals surface area contributed by atoms with Crippen LogP contribution in [-0.4, -0.2) is 15.7 Å². The van der Waals surface area contributed by atoms with E-state index in [0.717, 1.165) is 5.69 Å². The van der Waals surface area contributed by atoms with Gasteiger partial charge in [-0.3, -0.25) is 9.48 Å². The van der Waals surface area contributed by atoms with E-state index in [0.29, 0.717) is 5.69 Å². The van der Waals surface area contributed by atoms with Crippen molar-refractivity contribution in [2.45, 2.75) is 13.5 Å². The second-order valence-electron chi connectivity index (χ2n) is 5.57. The molecule has 0 aliphatic heterocycles. The van der Waals surface area contributed by atoms with E-state index in [9.17, 15) is 22.4 Å². The Hall–Kier alpha value is -3.30. The topological polar surface area (TPSA) is 69.3 Å². The van der Waals surface area contributed by atoms with Gasteiger partial charge in [0.15, 0.2) is 23.1 Å². The van der Waals surface area contributed by atoms with Crippen LogP contribution in [0, 0.1) is 30.2 Å². The molecule has 0 saturated carbocycles. The van der Waals surface area contributed by atoms with Gasteiger partial charge in [0.05, 0.1) is 17.6 Å². The Morgan fingerprint density at radius 1 is 1.22 bits per heavy atom. The van der Waals surface area contributed by atoms with Crippen LogP contribution in [0.3, 0.4) is 0 Å². The van der Waals surface area contributed by atoms with E-state index in [1.807, 2.05) is 0 Å². The summed E-state index contributed by atoms with van der Waals surface area (Å²) in [6.07, 6.45) is 1.46. The highest BCUT2D eigenvalue weighted by Gasteiger charge is 2.21. The second-order valence-corrected chi connectivity index (χ2v) is 5.57. The van der Waals surface area contributed by atoms with Crippen molar-refractivity contribution in [2.24, 2.45) is 7.05 Å². The highest BCUT2D eigenvalue weighted by Crippen LogP contribution is 2.27. The molecule has 0 bridgehead atoms. The van der Waals surface area contributed by atoms with Crippen LogP contribution in [0.1, 0.15) is 22.0 Å². The molecule has 3 aromatic rings. The summed E-state index contributed by atoms with van der Waals surface area (Å²) in [4.78, 5) is 12.2. The van der Waals surface area contributed by atoms with Crippen molar-refractivity contribution >= 4 is 11.6 Å². The summed E-state index contributed by atoms with van der Waals surface area (Å²) >= 11 is 0. The van der Waals surface area contributed by atoms with Crippen LogP contribution in [0.15, 0.2) is 28.8 Å². The van der Waals surface area contributed by atoms with Gasteiger partial charge in [-0.2, -0.15) is 13.9 Å². The fraction of sp³-hybridized carbons (Fsp3) is 0.176. The first kappa shape index (κ1) is 18.5. The van der Waals surface area contributed by atoms with Gasteiger partial charge in [0.2, 0.25) is 11.6 Å². The molecule has 0 aliphatic carbocycles. The zero-order chi connectivity index (χ0) is 19.7. The summed E-state index contributed by atoms with van der Waals surface area (Å²) < 4.78 is 65.0. The fourth-order valence-electron chi connectivity index (χ4n) is 2.20. The molecular formula is C17H13F4N3O3. The third-order valence-corrected chi connectivity index (χ3v) is 3.80. The molecule has 0 unspecified atom stereocenters. The molecule has 0 aliphatic rings. The number of carbonyl (C=O) groups excluding carboxylic acids is 1. The van der Waals surface area contributed by atoms with E-state index in [4.69, 9.17) is 9.15 Å². The maximum absolute atomic E-state index is 13.6. The third-order valence-electron chi connectivity index (χ3n) is 3.80. The number of hydrogen-bond acceptors (Lipinski definition) is 4. The Labute approximate surface area is 150 Å². The quantitative estimate of drug-likeness (QED) is 0.539. The highest BCUT2D eigenvalue weighted by atomic mass is 19.2. The van der Waals surface area contributed by atoms with Gasteiger partial charge in [-0.15, -0.1) is 0 Å². The number of aryl methyl sites for hydroxylation is 1. The molecule has 0 radical (unpaired) electrons. The average Bonchev–Trinajstić information content (AvgIpc) is 3.22. The number of amides is 1. The predicted molar refractivity (Wildman–Crippen MR) is 85.2 cm³/mol. The maximum Gasteiger partial charge on any atom is 0.291 e. The second kappa shape index (κ2) is 7.14. The zero-order valence-electron chi connectivity index (χ0n) is 14.1. The summed E-state index contributed by atoms with van der Waals surface area (Å²) in [5.74, 6) is -8.36. The van der Waals surface area contributed by atoms with E-state index in [1.54, 1.807) is 18.7 Å². The lowest BCUT2D eigenvalue weighted by atomic mass is 10.3. The summed E-state index contributed by atoms with van der Waals surface area (Å²) in [5, 5.41) is 6.57. The number of carbonyl (C=O) groups is 1. The lowest BCUT2D eigenvalue weighted by Crippen LogP contribution is -2.11. The molecule has 6 nitrogen and oxygen atoms in total. The summed E-state index contributed by atoms with van der Waals surface area (Å²) in [6.45, 7) is 1.21. The van der Waals surface area contributed by atoms with Crippen molar-refractivity contribution < 1.29 is 31.5 Å². The molecule has 2 aromatic heterocycles. The lowest BCUT2D eigenvalue weighted by molar-refractivity contribution is 0.0992. The van der Waals surface area contributed by atoms with E-state index in [-0.39, 0.29) is 17.6 Å². The number of nitrogens with zero attached hydrogens (tertiary/aromatic N) is 2. The third kappa shape index (κ3) is 3.64. The van der Waals surface area contributed by atoms with Gasteiger partial charge in [-0.25, -0.2) is 8.78 Å². The van der Waals surface area contributed by atoms with Gasteiger partial charge in [0, 0.05) is 13.1 Å². The number of anilines is 1. The van der Waals surface area contributed by atoms with Crippen LogP contribution in [-0.2, 0) is 13.7 Å². The number of ether oxygens (including phenoxy) is 1. The molecule has 0 saturated heterocycles. The Morgan fingerprint density at radius 3 is 2.48 bits per heavy atom. The molecule has 0 spiro atoms. The lowest BCUT2D eigenvalue weighted by Gasteiger charge is -2.08. The van der Waals surface area contributed by atoms with Gasteiger partial charge in [-0.1, -0.05) is 0 Å². The molecule has 1 amide bonds. The average molecular weight is 383 g/mol. The fourth-order valence-corrected chi connectivity index (χ4v) is 2.20. The van der Waals surface area contributed by atoms with Crippen LogP contribution in [0.5, 0.6) is 5.75 Å². The molecular weight excluding hydrogens is 370 g/mol. The van der Waals surface area contributed by atoms with E-state index < -0.39 is 41.5 Å². The van der Waals surface area contributed by atoms with Gasteiger partial charge < -0.3 is 14.5 Å². The minimum absolute atomic E-state index is 0.0199. The largest absolute Gasteiger partial charge is 0.479 e. The van der Waals surface area contributed by atoms with Crippen LogP contribution in [0.25, 0.3) is 0 Å². The number of rotatable bonds is 5. The molecule has 142 valence electrons. The molecule has 0 atom stereocenters. The number of furan rings is 1. The van der Waals surface area contributed by atoms with Crippen molar-refractivity contribution in [1.82, 2.24) is 9.78 Å². The van der Waals surface area contributed by atoms with Crippen molar-refractivity contribution in [1.29, 1.82) is 0 Å². The molecule has 27 heavy (non-hydrogen) atoms. The first-order valence-electron chi connectivity index (χ1n) is 7.62. The number of aromatic nitrogens is 2. The number of halogens is 4. The zero-order valence-corrected chi connectivity index (χ0v) is 14.1.